The number of carbonyl (C=O) groups excluding carboxylic acids is 1. The van der Waals surface area contributed by atoms with E-state index in [-0.39, 0.29) is 18.1 Å². The highest BCUT2D eigenvalue weighted by Crippen LogP contribution is 2.41. The number of pyridine rings is 2. The first kappa shape index (κ1) is 19.4. The van der Waals surface area contributed by atoms with Gasteiger partial charge in [-0.2, -0.15) is 13.2 Å². The molecule has 0 spiro atoms. The number of amides is 2. The van der Waals surface area contributed by atoms with E-state index in [4.69, 9.17) is 11.6 Å². The topological polar surface area (TPSA) is 52.6 Å². The molecule has 2 aromatic rings. The van der Waals surface area contributed by atoms with Crippen LogP contribution in [0.15, 0.2) is 24.4 Å². The van der Waals surface area contributed by atoms with Gasteiger partial charge in [-0.3, -0.25) is 4.98 Å². The van der Waals surface area contributed by atoms with Gasteiger partial charge in [-0.25, -0.2) is 9.78 Å². The van der Waals surface area contributed by atoms with Crippen molar-refractivity contribution >= 4 is 23.3 Å². The predicted molar refractivity (Wildman–Crippen MR) is 104 cm³/mol. The Bertz CT molecular complexity index is 1020. The van der Waals surface area contributed by atoms with Gasteiger partial charge in [0.25, 0.3) is 0 Å². The van der Waals surface area contributed by atoms with E-state index in [1.165, 1.54) is 6.20 Å². The van der Waals surface area contributed by atoms with Crippen LogP contribution in [0.1, 0.15) is 35.0 Å². The molecule has 6 nitrogen and oxygen atoms in total. The molecule has 0 aliphatic carbocycles. The van der Waals surface area contributed by atoms with Crippen LogP contribution >= 0.6 is 11.6 Å². The molecule has 3 aliphatic heterocycles. The number of halogens is 4. The number of aryl methyl sites for hydroxylation is 1. The molecule has 0 saturated carbocycles. The Morgan fingerprint density at radius 3 is 2.70 bits per heavy atom. The molecule has 0 N–H and O–H groups in total. The van der Waals surface area contributed by atoms with Crippen molar-refractivity contribution in [1.82, 2.24) is 19.8 Å². The van der Waals surface area contributed by atoms with Crippen molar-refractivity contribution in [2.75, 3.05) is 24.5 Å². The van der Waals surface area contributed by atoms with Crippen LogP contribution in [0.3, 0.4) is 0 Å². The molecule has 30 heavy (non-hydrogen) atoms. The van der Waals surface area contributed by atoms with Gasteiger partial charge in [0.05, 0.1) is 24.3 Å². The minimum Gasteiger partial charge on any atom is -0.367 e. The number of alkyl halides is 3. The molecule has 2 fully saturated rings. The maximum atomic E-state index is 13.1. The zero-order valence-electron chi connectivity index (χ0n) is 16.2. The second kappa shape index (κ2) is 6.73. The lowest BCUT2D eigenvalue weighted by molar-refractivity contribution is -0.141. The lowest BCUT2D eigenvalue weighted by atomic mass is 10.0. The number of hydrogen-bond donors (Lipinski definition) is 0. The molecule has 2 saturated heterocycles. The molecule has 0 radical (unpaired) electrons. The Morgan fingerprint density at radius 1 is 1.20 bits per heavy atom. The summed E-state index contributed by atoms with van der Waals surface area (Å²) in [5.41, 5.74) is 2.55. The Hall–Kier alpha value is -2.55. The van der Waals surface area contributed by atoms with E-state index < -0.39 is 11.9 Å². The second-order valence-corrected chi connectivity index (χ2v) is 8.38. The van der Waals surface area contributed by atoms with E-state index in [1.54, 1.807) is 6.07 Å². The summed E-state index contributed by atoms with van der Waals surface area (Å²) >= 11 is 6.12. The third kappa shape index (κ3) is 3.07. The number of fused-ring (bicyclic) bond motifs is 3. The minimum atomic E-state index is -4.47. The van der Waals surface area contributed by atoms with Gasteiger partial charge in [0.1, 0.15) is 10.8 Å². The summed E-state index contributed by atoms with van der Waals surface area (Å²) in [5, 5.41) is 0.438. The molecule has 10 heteroatoms. The van der Waals surface area contributed by atoms with Crippen LogP contribution in [-0.4, -0.2) is 51.5 Å². The van der Waals surface area contributed by atoms with Gasteiger partial charge in [-0.15, -0.1) is 0 Å². The summed E-state index contributed by atoms with van der Waals surface area (Å²) in [6.07, 6.45) is -2.54. The molecule has 2 amide bonds. The Balaban J connectivity index is 1.28. The first-order valence-corrected chi connectivity index (χ1v) is 10.1. The monoisotopic (exact) mass is 437 g/mol. The normalized spacial score (nSPS) is 21.6. The Labute approximate surface area is 176 Å². The summed E-state index contributed by atoms with van der Waals surface area (Å²) in [4.78, 5) is 26.5. The van der Waals surface area contributed by atoms with Crippen LogP contribution in [0.2, 0.25) is 5.15 Å². The predicted octanol–water partition coefficient (Wildman–Crippen LogP) is 4.03. The van der Waals surface area contributed by atoms with Crippen LogP contribution in [0.4, 0.5) is 23.7 Å². The van der Waals surface area contributed by atoms with Crippen molar-refractivity contribution in [3.05, 3.63) is 52.1 Å². The van der Waals surface area contributed by atoms with E-state index in [2.05, 4.69) is 9.97 Å². The summed E-state index contributed by atoms with van der Waals surface area (Å²) in [6.45, 7) is 4.08. The molecule has 158 valence electrons. The number of carbonyl (C=O) groups is 1. The molecule has 0 aromatic carbocycles. The molecule has 1 unspecified atom stereocenters. The van der Waals surface area contributed by atoms with Gasteiger partial charge in [0.15, 0.2) is 0 Å². The van der Waals surface area contributed by atoms with Gasteiger partial charge in [-0.1, -0.05) is 11.6 Å². The molecular weight excluding hydrogens is 419 g/mol. The maximum Gasteiger partial charge on any atom is 0.433 e. The Morgan fingerprint density at radius 2 is 1.97 bits per heavy atom. The zero-order chi connectivity index (χ0) is 21.2. The molecule has 0 bridgehead atoms. The fraction of sp³-hybridized carbons (Fsp3) is 0.450. The highest BCUT2D eigenvalue weighted by molar-refractivity contribution is 6.29. The minimum absolute atomic E-state index is 0.0256. The number of hydrogen-bond acceptors (Lipinski definition) is 4. The number of aromatic nitrogens is 2. The van der Waals surface area contributed by atoms with Crippen molar-refractivity contribution < 1.29 is 18.0 Å². The summed E-state index contributed by atoms with van der Waals surface area (Å²) in [5.74, 6) is 0. The second-order valence-electron chi connectivity index (χ2n) is 7.99. The smallest absolute Gasteiger partial charge is 0.367 e. The third-order valence-corrected chi connectivity index (χ3v) is 6.40. The van der Waals surface area contributed by atoms with Crippen LogP contribution in [0.25, 0.3) is 0 Å². The third-order valence-electron chi connectivity index (χ3n) is 6.21. The van der Waals surface area contributed by atoms with E-state index >= 15 is 0 Å². The van der Waals surface area contributed by atoms with Gasteiger partial charge in [0.2, 0.25) is 0 Å². The van der Waals surface area contributed by atoms with Gasteiger partial charge >= 0.3 is 12.2 Å². The molecule has 3 aliphatic rings. The molecule has 1 atom stereocenters. The SMILES string of the molecule is Cc1cc(Cl)nc2c1CN1C(=O)N(C3CN(c4ccnc(C(F)(F)F)c4)C3)CCC21. The van der Waals surface area contributed by atoms with Crippen molar-refractivity contribution in [3.63, 3.8) is 0 Å². The number of anilines is 1. The largest absolute Gasteiger partial charge is 0.433 e. The first-order valence-electron chi connectivity index (χ1n) is 9.73. The van der Waals surface area contributed by atoms with E-state index in [0.717, 1.165) is 29.3 Å². The fourth-order valence-electron chi connectivity index (χ4n) is 4.58. The summed E-state index contributed by atoms with van der Waals surface area (Å²) in [6, 6.07) is 4.30. The van der Waals surface area contributed by atoms with E-state index in [0.29, 0.717) is 37.0 Å². The molecule has 5 heterocycles. The first-order chi connectivity index (χ1) is 14.2. The van der Waals surface area contributed by atoms with Crippen molar-refractivity contribution in [1.29, 1.82) is 0 Å². The van der Waals surface area contributed by atoms with Crippen LogP contribution < -0.4 is 4.90 Å². The Kier molecular flexibility index (Phi) is 4.36. The van der Waals surface area contributed by atoms with Gasteiger partial charge in [0, 0.05) is 31.5 Å². The quantitative estimate of drug-likeness (QED) is 0.666. The molecular formula is C20H19ClF3N5O. The van der Waals surface area contributed by atoms with Crippen LogP contribution in [0, 0.1) is 6.92 Å². The van der Waals surface area contributed by atoms with Gasteiger partial charge < -0.3 is 14.7 Å². The summed E-state index contributed by atoms with van der Waals surface area (Å²) < 4.78 is 38.7. The van der Waals surface area contributed by atoms with Crippen LogP contribution in [-0.2, 0) is 12.7 Å². The van der Waals surface area contributed by atoms with E-state index in [1.807, 2.05) is 27.7 Å². The standard InChI is InChI=1S/C20H19ClF3N5O/c1-11-6-17(21)26-18-14(11)10-29-15(18)3-5-28(19(29)30)13-8-27(9-13)12-2-4-25-16(7-12)20(22,23)24/h2,4,6-7,13,15H,3,5,8-10H2,1H3. The number of urea groups is 1. The van der Waals surface area contributed by atoms with E-state index in [9.17, 15) is 18.0 Å². The maximum absolute atomic E-state index is 13.1. The molecule has 2 aromatic heterocycles. The number of nitrogens with zero attached hydrogens (tertiary/aromatic N) is 5. The fourth-order valence-corrected chi connectivity index (χ4v) is 4.84. The van der Waals surface area contributed by atoms with Crippen LogP contribution in [0.5, 0.6) is 0 Å². The average Bonchev–Trinajstić information content (AvgIpc) is 3.02. The lowest BCUT2D eigenvalue weighted by Gasteiger charge is -2.50. The zero-order valence-corrected chi connectivity index (χ0v) is 16.9. The van der Waals surface area contributed by atoms with Gasteiger partial charge in [-0.05, 0) is 42.7 Å². The highest BCUT2D eigenvalue weighted by Gasteiger charge is 2.46. The molecule has 5 rings (SSSR count). The average molecular weight is 438 g/mol. The highest BCUT2D eigenvalue weighted by atomic mass is 35.5. The van der Waals surface area contributed by atoms with Crippen molar-refractivity contribution in [2.24, 2.45) is 0 Å². The number of rotatable bonds is 2. The summed E-state index contributed by atoms with van der Waals surface area (Å²) in [7, 11) is 0. The lowest BCUT2D eigenvalue weighted by Crippen LogP contribution is -2.64. The van der Waals surface area contributed by atoms with Crippen molar-refractivity contribution in [2.45, 2.75) is 38.1 Å². The van der Waals surface area contributed by atoms with Crippen molar-refractivity contribution in [3.8, 4) is 0 Å².